The van der Waals surface area contributed by atoms with E-state index in [1.807, 2.05) is 6.07 Å². The van der Waals surface area contributed by atoms with E-state index in [1.54, 1.807) is 12.1 Å². The van der Waals surface area contributed by atoms with Crippen LogP contribution in [0.5, 0.6) is 11.5 Å². The Morgan fingerprint density at radius 3 is 2.63 bits per heavy atom. The Morgan fingerprint density at radius 1 is 1.26 bits per heavy atom. The van der Waals surface area contributed by atoms with Crippen molar-refractivity contribution in [2.24, 2.45) is 0 Å². The lowest BCUT2D eigenvalue weighted by Gasteiger charge is -2.44. The Hall–Kier alpha value is -1.38. The lowest BCUT2D eigenvalue weighted by atomic mass is 9.93. The number of ether oxygens (including phenoxy) is 1. The fourth-order valence-corrected chi connectivity index (χ4v) is 2.71. The Bertz CT molecular complexity index is 427. The highest BCUT2D eigenvalue weighted by molar-refractivity contribution is 5.63. The first-order chi connectivity index (χ1) is 9.14. The maximum atomic E-state index is 9.67. The van der Waals surface area contributed by atoms with Crippen molar-refractivity contribution in [3.05, 3.63) is 18.2 Å². The number of benzene rings is 1. The number of rotatable bonds is 5. The quantitative estimate of drug-likeness (QED) is 0.873. The van der Waals surface area contributed by atoms with Crippen LogP contribution in [0, 0.1) is 0 Å². The third kappa shape index (κ3) is 2.80. The van der Waals surface area contributed by atoms with E-state index in [2.05, 4.69) is 25.7 Å². The summed E-state index contributed by atoms with van der Waals surface area (Å²) in [6.07, 6.45) is 4.35. The van der Waals surface area contributed by atoms with E-state index in [4.69, 9.17) is 4.74 Å². The van der Waals surface area contributed by atoms with Gasteiger partial charge in [-0.1, -0.05) is 27.2 Å². The molecule has 0 unspecified atom stereocenters. The number of fused-ring (bicyclic) bond motifs is 1. The molecule has 0 atom stereocenters. The average Bonchev–Trinajstić information content (AvgIpc) is 2.43. The van der Waals surface area contributed by atoms with E-state index in [0.29, 0.717) is 0 Å². The molecule has 1 aliphatic heterocycles. The molecule has 19 heavy (non-hydrogen) atoms. The van der Waals surface area contributed by atoms with Gasteiger partial charge in [-0.3, -0.25) is 0 Å². The van der Waals surface area contributed by atoms with E-state index < -0.39 is 0 Å². The fourth-order valence-electron chi connectivity index (χ4n) is 2.71. The lowest BCUT2D eigenvalue weighted by molar-refractivity contribution is 0.0571. The molecule has 2 rings (SSSR count). The normalized spacial score (nSPS) is 16.9. The van der Waals surface area contributed by atoms with Gasteiger partial charge in [0.25, 0.3) is 0 Å². The van der Waals surface area contributed by atoms with Crippen LogP contribution in [-0.2, 0) is 0 Å². The maximum Gasteiger partial charge on any atom is 0.147 e. The molecule has 0 bridgehead atoms. The zero-order valence-electron chi connectivity index (χ0n) is 12.3. The van der Waals surface area contributed by atoms with Crippen molar-refractivity contribution >= 4 is 5.69 Å². The van der Waals surface area contributed by atoms with Crippen LogP contribution in [0.1, 0.15) is 46.5 Å². The molecule has 1 aromatic rings. The van der Waals surface area contributed by atoms with Crippen LogP contribution >= 0.6 is 0 Å². The fraction of sp³-hybridized carbons (Fsp3) is 0.625. The Balaban J connectivity index is 2.34. The molecular formula is C16H25NO2. The molecule has 1 N–H and O–H groups in total. The summed E-state index contributed by atoms with van der Waals surface area (Å²) in [5, 5.41) is 9.67. The summed E-state index contributed by atoms with van der Waals surface area (Å²) < 4.78 is 6.21. The van der Waals surface area contributed by atoms with E-state index in [1.165, 1.54) is 12.8 Å². The molecule has 1 aromatic carbocycles. The van der Waals surface area contributed by atoms with Crippen LogP contribution in [0.25, 0.3) is 0 Å². The number of aromatic hydroxyl groups is 1. The zero-order valence-corrected chi connectivity index (χ0v) is 12.3. The van der Waals surface area contributed by atoms with Gasteiger partial charge in [0.05, 0.1) is 12.2 Å². The molecular weight excluding hydrogens is 238 g/mol. The van der Waals surface area contributed by atoms with Crippen LogP contribution in [0.15, 0.2) is 18.2 Å². The predicted octanol–water partition coefficient (Wildman–Crippen LogP) is 3.95. The Labute approximate surface area is 116 Å². The van der Waals surface area contributed by atoms with Crippen LogP contribution in [0.2, 0.25) is 0 Å². The number of unbranched alkanes of at least 4 members (excludes halogenated alkanes) is 1. The summed E-state index contributed by atoms with van der Waals surface area (Å²) in [5.74, 6) is 1.10. The molecule has 0 spiro atoms. The van der Waals surface area contributed by atoms with Crippen molar-refractivity contribution in [3.8, 4) is 11.5 Å². The first-order valence-corrected chi connectivity index (χ1v) is 7.41. The summed E-state index contributed by atoms with van der Waals surface area (Å²) in [4.78, 5) is 2.41. The van der Waals surface area contributed by atoms with Crippen molar-refractivity contribution < 1.29 is 9.84 Å². The van der Waals surface area contributed by atoms with Gasteiger partial charge >= 0.3 is 0 Å². The van der Waals surface area contributed by atoms with Crippen molar-refractivity contribution in [2.75, 3.05) is 18.0 Å². The Kier molecular flexibility index (Phi) is 4.23. The second kappa shape index (κ2) is 5.72. The van der Waals surface area contributed by atoms with E-state index in [0.717, 1.165) is 37.4 Å². The minimum Gasteiger partial charge on any atom is -0.508 e. The molecule has 3 nitrogen and oxygen atoms in total. The minimum absolute atomic E-state index is 0.117. The van der Waals surface area contributed by atoms with E-state index >= 15 is 0 Å². The average molecular weight is 263 g/mol. The van der Waals surface area contributed by atoms with Crippen LogP contribution < -0.4 is 9.64 Å². The number of anilines is 1. The van der Waals surface area contributed by atoms with Gasteiger partial charge < -0.3 is 14.7 Å². The summed E-state index contributed by atoms with van der Waals surface area (Å²) in [6, 6.07) is 5.45. The third-order valence-electron chi connectivity index (χ3n) is 4.16. The van der Waals surface area contributed by atoms with Crippen LogP contribution in [0.3, 0.4) is 0 Å². The van der Waals surface area contributed by atoms with Gasteiger partial charge in [0.2, 0.25) is 0 Å². The van der Waals surface area contributed by atoms with Crippen LogP contribution in [-0.4, -0.2) is 23.8 Å². The van der Waals surface area contributed by atoms with Gasteiger partial charge in [0.15, 0.2) is 0 Å². The lowest BCUT2D eigenvalue weighted by Crippen LogP contribution is -2.50. The first kappa shape index (κ1) is 14.0. The van der Waals surface area contributed by atoms with Gasteiger partial charge in [-0.25, -0.2) is 0 Å². The molecule has 0 aliphatic carbocycles. The van der Waals surface area contributed by atoms with Crippen molar-refractivity contribution in [3.63, 3.8) is 0 Å². The van der Waals surface area contributed by atoms with Gasteiger partial charge in [0.1, 0.15) is 17.1 Å². The number of hydrogen-bond donors (Lipinski definition) is 1. The molecule has 1 heterocycles. The molecule has 0 aromatic heterocycles. The van der Waals surface area contributed by atoms with E-state index in [-0.39, 0.29) is 11.4 Å². The summed E-state index contributed by atoms with van der Waals surface area (Å²) in [7, 11) is 0. The van der Waals surface area contributed by atoms with Gasteiger partial charge in [-0.15, -0.1) is 0 Å². The van der Waals surface area contributed by atoms with Gasteiger partial charge in [-0.2, -0.15) is 0 Å². The van der Waals surface area contributed by atoms with Crippen LogP contribution in [0.4, 0.5) is 5.69 Å². The highest BCUT2D eigenvalue weighted by Crippen LogP contribution is 2.41. The topological polar surface area (TPSA) is 32.7 Å². The number of phenols is 1. The monoisotopic (exact) mass is 263 g/mol. The predicted molar refractivity (Wildman–Crippen MR) is 79.2 cm³/mol. The molecule has 0 fully saturated rings. The first-order valence-electron chi connectivity index (χ1n) is 7.41. The molecule has 1 aliphatic rings. The van der Waals surface area contributed by atoms with E-state index in [9.17, 15) is 5.11 Å². The van der Waals surface area contributed by atoms with Crippen molar-refractivity contribution in [1.29, 1.82) is 0 Å². The summed E-state index contributed by atoms with van der Waals surface area (Å²) in [5.41, 5.74) is 0.998. The Morgan fingerprint density at radius 2 is 2.00 bits per heavy atom. The maximum absolute atomic E-state index is 9.67. The SMILES string of the molecule is CCCCN1CC(CC)(CC)Oc2cc(O)ccc21. The smallest absolute Gasteiger partial charge is 0.147 e. The van der Waals surface area contributed by atoms with Crippen molar-refractivity contribution in [2.45, 2.75) is 52.1 Å². The molecule has 0 saturated heterocycles. The molecule has 0 saturated carbocycles. The molecule has 0 amide bonds. The third-order valence-corrected chi connectivity index (χ3v) is 4.16. The van der Waals surface area contributed by atoms with Gasteiger partial charge in [-0.05, 0) is 31.4 Å². The number of nitrogens with zero attached hydrogens (tertiary/aromatic N) is 1. The highest BCUT2D eigenvalue weighted by Gasteiger charge is 2.36. The largest absolute Gasteiger partial charge is 0.508 e. The molecule has 106 valence electrons. The standard InChI is InChI=1S/C16H25NO2/c1-4-7-10-17-12-16(5-2,6-3)19-15-11-13(18)8-9-14(15)17/h8-9,11,18H,4-7,10,12H2,1-3H3. The van der Waals surface area contributed by atoms with Gasteiger partial charge in [0, 0.05) is 12.6 Å². The second-order valence-electron chi connectivity index (χ2n) is 5.42. The number of hydrogen-bond acceptors (Lipinski definition) is 3. The minimum atomic E-state index is -0.117. The molecule has 0 radical (unpaired) electrons. The second-order valence-corrected chi connectivity index (χ2v) is 5.42. The van der Waals surface area contributed by atoms with Crippen molar-refractivity contribution in [1.82, 2.24) is 0 Å². The summed E-state index contributed by atoms with van der Waals surface area (Å²) in [6.45, 7) is 8.56. The highest BCUT2D eigenvalue weighted by atomic mass is 16.5. The molecule has 3 heteroatoms. The number of phenolic OH excluding ortho intramolecular Hbond substituents is 1. The zero-order chi connectivity index (χ0) is 13.9. The summed E-state index contributed by atoms with van der Waals surface area (Å²) >= 11 is 0.